The van der Waals surface area contributed by atoms with E-state index in [0.29, 0.717) is 6.54 Å². The third-order valence-corrected chi connectivity index (χ3v) is 5.04. The third-order valence-electron chi connectivity index (χ3n) is 5.04. The van der Waals surface area contributed by atoms with Crippen LogP contribution >= 0.6 is 24.0 Å². The Balaban J connectivity index is 0.00000341. The number of aliphatic imine (C=N–C) groups is 1. The minimum atomic E-state index is -0.0611. The van der Waals surface area contributed by atoms with Crippen molar-refractivity contribution in [2.24, 2.45) is 10.9 Å². The summed E-state index contributed by atoms with van der Waals surface area (Å²) in [6, 6.07) is 14.2. The van der Waals surface area contributed by atoms with Crippen molar-refractivity contribution >= 4 is 41.5 Å². The highest BCUT2D eigenvalue weighted by molar-refractivity contribution is 14.0. The van der Waals surface area contributed by atoms with E-state index >= 15 is 0 Å². The zero-order valence-electron chi connectivity index (χ0n) is 18.5. The van der Waals surface area contributed by atoms with Gasteiger partial charge in [-0.15, -0.1) is 24.0 Å². The van der Waals surface area contributed by atoms with E-state index in [0.717, 1.165) is 48.5 Å². The van der Waals surface area contributed by atoms with Gasteiger partial charge >= 0.3 is 0 Å². The third kappa shape index (κ3) is 8.77. The molecule has 7 heteroatoms. The zero-order valence-corrected chi connectivity index (χ0v) is 20.9. The molecule has 1 aliphatic rings. The van der Waals surface area contributed by atoms with Crippen LogP contribution in [0, 0.1) is 12.8 Å². The Labute approximate surface area is 202 Å². The van der Waals surface area contributed by atoms with Gasteiger partial charge in [-0.2, -0.15) is 0 Å². The Hall–Kier alpha value is -2.29. The lowest BCUT2D eigenvalue weighted by atomic mass is 10.1. The summed E-state index contributed by atoms with van der Waals surface area (Å²) in [6.07, 6.45) is 3.43. The number of carbonyl (C=O) groups excluding carboxylic acids is 1. The van der Waals surface area contributed by atoms with Crippen molar-refractivity contribution in [2.45, 2.75) is 39.7 Å². The molecule has 3 N–H and O–H groups in total. The molecule has 0 radical (unpaired) electrons. The average molecular weight is 536 g/mol. The molecule has 0 aliphatic heterocycles. The fourth-order valence-corrected chi connectivity index (χ4v) is 3.12. The predicted octanol–water partition coefficient (Wildman–Crippen LogP) is 4.27. The van der Waals surface area contributed by atoms with Crippen LogP contribution in [0.4, 0.5) is 5.69 Å². The number of hydrogen-bond donors (Lipinski definition) is 3. The van der Waals surface area contributed by atoms with Crippen molar-refractivity contribution in [1.29, 1.82) is 0 Å². The van der Waals surface area contributed by atoms with Gasteiger partial charge in [0.25, 0.3) is 0 Å². The number of carbonyl (C=O) groups is 1. The molecule has 31 heavy (non-hydrogen) atoms. The molecule has 1 aliphatic carbocycles. The summed E-state index contributed by atoms with van der Waals surface area (Å²) < 4.78 is 6.05. The highest BCUT2D eigenvalue weighted by Gasteiger charge is 2.22. The van der Waals surface area contributed by atoms with Crippen LogP contribution in [0.25, 0.3) is 0 Å². The number of benzene rings is 2. The second-order valence-electron chi connectivity index (χ2n) is 7.85. The molecule has 168 valence electrons. The highest BCUT2D eigenvalue weighted by Crippen LogP contribution is 2.30. The van der Waals surface area contributed by atoms with E-state index in [9.17, 15) is 4.79 Å². The van der Waals surface area contributed by atoms with Crippen LogP contribution in [0.3, 0.4) is 0 Å². The number of rotatable bonds is 9. The van der Waals surface area contributed by atoms with Crippen LogP contribution in [-0.4, -0.2) is 32.1 Å². The molecule has 0 saturated heterocycles. The van der Waals surface area contributed by atoms with Gasteiger partial charge in [-0.1, -0.05) is 24.3 Å². The molecule has 1 fully saturated rings. The van der Waals surface area contributed by atoms with Crippen LogP contribution < -0.4 is 20.7 Å². The molecular weight excluding hydrogens is 503 g/mol. The van der Waals surface area contributed by atoms with E-state index in [1.54, 1.807) is 7.05 Å². The Bertz CT molecular complexity index is 880. The number of hydrogen-bond acceptors (Lipinski definition) is 3. The van der Waals surface area contributed by atoms with Crippen LogP contribution in [0.1, 0.15) is 36.5 Å². The topological polar surface area (TPSA) is 74.8 Å². The molecule has 3 rings (SSSR count). The molecular formula is C24H33IN4O2. The quantitative estimate of drug-likeness (QED) is 0.254. The molecule has 1 saturated carbocycles. The number of ether oxygens (including phenoxy) is 1. The lowest BCUT2D eigenvalue weighted by Crippen LogP contribution is -2.37. The van der Waals surface area contributed by atoms with Gasteiger partial charge in [0.15, 0.2) is 5.96 Å². The second-order valence-corrected chi connectivity index (χ2v) is 7.85. The first kappa shape index (κ1) is 25.0. The largest absolute Gasteiger partial charge is 0.493 e. The average Bonchev–Trinajstić information content (AvgIpc) is 3.55. The number of halogens is 1. The first-order chi connectivity index (χ1) is 14.5. The number of nitrogens with one attached hydrogen (secondary N) is 3. The maximum atomic E-state index is 11.1. The van der Waals surface area contributed by atoms with Crippen molar-refractivity contribution in [3.05, 3.63) is 59.2 Å². The van der Waals surface area contributed by atoms with E-state index in [1.165, 1.54) is 30.9 Å². The van der Waals surface area contributed by atoms with Gasteiger partial charge in [-0.3, -0.25) is 9.79 Å². The van der Waals surface area contributed by atoms with E-state index < -0.39 is 0 Å². The maximum absolute atomic E-state index is 11.1. The van der Waals surface area contributed by atoms with Gasteiger partial charge in [-0.05, 0) is 61.4 Å². The Morgan fingerprint density at radius 1 is 1.13 bits per heavy atom. The van der Waals surface area contributed by atoms with Gasteiger partial charge in [0, 0.05) is 38.3 Å². The minimum Gasteiger partial charge on any atom is -0.493 e. The van der Waals surface area contributed by atoms with Crippen LogP contribution in [0.5, 0.6) is 5.75 Å². The fraction of sp³-hybridized carbons (Fsp3) is 0.417. The normalized spacial score (nSPS) is 13.2. The molecule has 2 aromatic rings. The van der Waals surface area contributed by atoms with Crippen molar-refractivity contribution in [3.8, 4) is 5.75 Å². The summed E-state index contributed by atoms with van der Waals surface area (Å²) in [7, 11) is 1.78. The predicted molar refractivity (Wildman–Crippen MR) is 137 cm³/mol. The molecule has 0 aromatic heterocycles. The van der Waals surface area contributed by atoms with Gasteiger partial charge in [-0.25, -0.2) is 0 Å². The number of aryl methyl sites for hydroxylation is 1. The number of nitrogens with zero attached hydrogens (tertiary/aromatic N) is 1. The van der Waals surface area contributed by atoms with Gasteiger partial charge in [0.05, 0.1) is 6.61 Å². The molecule has 0 bridgehead atoms. The Morgan fingerprint density at radius 3 is 2.52 bits per heavy atom. The van der Waals surface area contributed by atoms with Crippen LogP contribution in [-0.2, 0) is 17.8 Å². The summed E-state index contributed by atoms with van der Waals surface area (Å²) in [6.45, 7) is 5.83. The fourth-order valence-electron chi connectivity index (χ4n) is 3.12. The van der Waals surface area contributed by atoms with Crippen molar-refractivity contribution in [3.63, 3.8) is 0 Å². The number of guanidine groups is 1. The molecule has 0 unspecified atom stereocenters. The Morgan fingerprint density at radius 2 is 1.87 bits per heavy atom. The van der Waals surface area contributed by atoms with Gasteiger partial charge in [0.1, 0.15) is 5.75 Å². The number of amides is 1. The van der Waals surface area contributed by atoms with Crippen molar-refractivity contribution in [2.75, 3.05) is 25.5 Å². The van der Waals surface area contributed by atoms with Gasteiger partial charge < -0.3 is 20.7 Å². The summed E-state index contributed by atoms with van der Waals surface area (Å²) in [5.41, 5.74) is 4.35. The van der Waals surface area contributed by atoms with Crippen LogP contribution in [0.2, 0.25) is 0 Å². The first-order valence-corrected chi connectivity index (χ1v) is 10.6. The van der Waals surface area contributed by atoms with E-state index in [4.69, 9.17) is 4.74 Å². The van der Waals surface area contributed by atoms with Crippen molar-refractivity contribution in [1.82, 2.24) is 10.6 Å². The standard InChI is InChI=1S/C24H32N4O2.HI/c1-17-4-9-21(23(14-17)30-16-20-5-6-20)15-27-24(25-3)26-13-12-19-7-10-22(11-8-19)28-18(2)29;/h4,7-11,14,20H,5-6,12-13,15-16H2,1-3H3,(H,28,29)(H2,25,26,27);1H. The minimum absolute atomic E-state index is 0. The molecule has 2 aromatic carbocycles. The highest BCUT2D eigenvalue weighted by atomic mass is 127. The lowest BCUT2D eigenvalue weighted by molar-refractivity contribution is -0.114. The summed E-state index contributed by atoms with van der Waals surface area (Å²) in [5.74, 6) is 2.39. The second kappa shape index (κ2) is 12.5. The maximum Gasteiger partial charge on any atom is 0.221 e. The summed E-state index contributed by atoms with van der Waals surface area (Å²) >= 11 is 0. The molecule has 1 amide bonds. The first-order valence-electron chi connectivity index (χ1n) is 10.6. The van der Waals surface area contributed by atoms with Crippen LogP contribution in [0.15, 0.2) is 47.5 Å². The SMILES string of the molecule is CN=C(NCCc1ccc(NC(C)=O)cc1)NCc1ccc(C)cc1OCC1CC1.I. The lowest BCUT2D eigenvalue weighted by Gasteiger charge is -2.15. The smallest absolute Gasteiger partial charge is 0.221 e. The molecule has 6 nitrogen and oxygen atoms in total. The molecule has 0 atom stereocenters. The van der Waals surface area contributed by atoms with E-state index in [1.807, 2.05) is 24.3 Å². The summed E-state index contributed by atoms with van der Waals surface area (Å²) in [4.78, 5) is 15.4. The van der Waals surface area contributed by atoms with Gasteiger partial charge in [0.2, 0.25) is 5.91 Å². The molecule has 0 spiro atoms. The number of anilines is 1. The van der Waals surface area contributed by atoms with E-state index in [2.05, 4.69) is 46.1 Å². The summed E-state index contributed by atoms with van der Waals surface area (Å²) in [5, 5.41) is 9.51. The van der Waals surface area contributed by atoms with E-state index in [-0.39, 0.29) is 29.9 Å². The zero-order chi connectivity index (χ0) is 21.3. The Kier molecular flexibility index (Phi) is 10.1. The molecule has 0 heterocycles. The van der Waals surface area contributed by atoms with Crippen molar-refractivity contribution < 1.29 is 9.53 Å². The monoisotopic (exact) mass is 536 g/mol.